The highest BCUT2D eigenvalue weighted by molar-refractivity contribution is 6.31. The van der Waals surface area contributed by atoms with Crippen LogP contribution in [-0.2, 0) is 6.18 Å². The van der Waals surface area contributed by atoms with Crippen LogP contribution in [0.4, 0.5) is 24.5 Å². The van der Waals surface area contributed by atoms with Crippen molar-refractivity contribution >= 4 is 23.0 Å². The SMILES string of the molecule is O=[N+]([O-])c1cc(C(F)(F)F)c(Cl)cc1NN1CCCCC1. The van der Waals surface area contributed by atoms with Crippen molar-refractivity contribution in [3.8, 4) is 0 Å². The van der Waals surface area contributed by atoms with Crippen molar-refractivity contribution in [2.75, 3.05) is 18.5 Å². The number of hydrazine groups is 1. The predicted octanol–water partition coefficient (Wildman–Crippen LogP) is 4.08. The van der Waals surface area contributed by atoms with Gasteiger partial charge in [0.25, 0.3) is 5.69 Å². The average molecular weight is 324 g/mol. The highest BCUT2D eigenvalue weighted by atomic mass is 35.5. The van der Waals surface area contributed by atoms with E-state index in [9.17, 15) is 23.3 Å². The Morgan fingerprint density at radius 2 is 1.86 bits per heavy atom. The lowest BCUT2D eigenvalue weighted by Crippen LogP contribution is -2.35. The molecule has 1 N–H and O–H groups in total. The number of hydrogen-bond donors (Lipinski definition) is 1. The fourth-order valence-corrected chi connectivity index (χ4v) is 2.47. The van der Waals surface area contributed by atoms with Crippen LogP contribution in [0.15, 0.2) is 12.1 Å². The molecule has 0 amide bonds. The van der Waals surface area contributed by atoms with Crippen molar-refractivity contribution in [3.05, 3.63) is 32.8 Å². The monoisotopic (exact) mass is 323 g/mol. The van der Waals surface area contributed by atoms with Gasteiger partial charge in [-0.15, -0.1) is 0 Å². The first-order valence-electron chi connectivity index (χ1n) is 6.36. The first-order valence-corrected chi connectivity index (χ1v) is 6.73. The number of piperidine rings is 1. The van der Waals surface area contributed by atoms with Crippen LogP contribution in [0.5, 0.6) is 0 Å². The molecule has 1 aliphatic heterocycles. The molecule has 1 saturated heterocycles. The number of hydrogen-bond acceptors (Lipinski definition) is 4. The molecule has 2 rings (SSSR count). The van der Waals surface area contributed by atoms with Gasteiger partial charge in [-0.25, -0.2) is 5.01 Å². The number of halogens is 4. The van der Waals surface area contributed by atoms with Crippen LogP contribution >= 0.6 is 11.6 Å². The Kier molecular flexibility index (Phi) is 4.58. The van der Waals surface area contributed by atoms with E-state index in [1.54, 1.807) is 5.01 Å². The van der Waals surface area contributed by atoms with Gasteiger partial charge in [-0.05, 0) is 18.9 Å². The summed E-state index contributed by atoms with van der Waals surface area (Å²) >= 11 is 5.61. The zero-order chi connectivity index (χ0) is 15.6. The van der Waals surface area contributed by atoms with E-state index in [1.165, 1.54) is 0 Å². The van der Waals surface area contributed by atoms with Gasteiger partial charge in [0.2, 0.25) is 0 Å². The molecule has 5 nitrogen and oxygen atoms in total. The molecule has 0 saturated carbocycles. The van der Waals surface area contributed by atoms with Gasteiger partial charge in [0.1, 0.15) is 5.69 Å². The minimum atomic E-state index is -4.73. The van der Waals surface area contributed by atoms with Crippen molar-refractivity contribution in [2.24, 2.45) is 0 Å². The van der Waals surface area contributed by atoms with Gasteiger partial charge < -0.3 is 5.43 Å². The van der Waals surface area contributed by atoms with E-state index in [4.69, 9.17) is 11.6 Å². The Hall–Kier alpha value is -1.54. The second-order valence-corrected chi connectivity index (χ2v) is 5.17. The maximum Gasteiger partial charge on any atom is 0.418 e. The third-order valence-electron chi connectivity index (χ3n) is 3.22. The highest BCUT2D eigenvalue weighted by Gasteiger charge is 2.36. The average Bonchev–Trinajstić information content (AvgIpc) is 2.38. The summed E-state index contributed by atoms with van der Waals surface area (Å²) in [7, 11) is 0. The van der Waals surface area contributed by atoms with Gasteiger partial charge in [0.15, 0.2) is 0 Å². The molecule has 1 heterocycles. The van der Waals surface area contributed by atoms with Crippen molar-refractivity contribution < 1.29 is 18.1 Å². The molecule has 1 fully saturated rings. The van der Waals surface area contributed by atoms with Gasteiger partial charge in [-0.1, -0.05) is 18.0 Å². The topological polar surface area (TPSA) is 58.4 Å². The lowest BCUT2D eigenvalue weighted by Gasteiger charge is -2.27. The molecule has 0 aliphatic carbocycles. The fourth-order valence-electron chi connectivity index (χ4n) is 2.20. The van der Waals surface area contributed by atoms with Gasteiger partial charge >= 0.3 is 6.18 Å². The predicted molar refractivity (Wildman–Crippen MR) is 72.2 cm³/mol. The summed E-state index contributed by atoms with van der Waals surface area (Å²) in [4.78, 5) is 10.1. The third kappa shape index (κ3) is 3.76. The number of nitro benzene ring substituents is 1. The van der Waals surface area contributed by atoms with Gasteiger partial charge in [0.05, 0.1) is 15.5 Å². The minimum Gasteiger partial charge on any atom is -0.313 e. The molecule has 0 aromatic heterocycles. The summed E-state index contributed by atoms with van der Waals surface area (Å²) in [6, 6.07) is 1.42. The summed E-state index contributed by atoms with van der Waals surface area (Å²) in [6.07, 6.45) is -1.82. The number of nitro groups is 1. The Bertz CT molecular complexity index is 545. The van der Waals surface area contributed by atoms with Crippen LogP contribution < -0.4 is 5.43 Å². The lowest BCUT2D eigenvalue weighted by molar-refractivity contribution is -0.384. The van der Waals surface area contributed by atoms with Crippen LogP contribution in [0.3, 0.4) is 0 Å². The standard InChI is InChI=1S/C12H13ClF3N3O2/c13-9-7-10(17-18-4-2-1-3-5-18)11(19(20)21)6-8(9)12(14,15)16/h6-7,17H,1-5H2. The Morgan fingerprint density at radius 1 is 1.24 bits per heavy atom. The number of nitrogens with one attached hydrogen (secondary N) is 1. The molecule has 0 bridgehead atoms. The minimum absolute atomic E-state index is 0.0279. The molecular weight excluding hydrogens is 311 g/mol. The molecule has 21 heavy (non-hydrogen) atoms. The summed E-state index contributed by atoms with van der Waals surface area (Å²) in [5, 5.41) is 12.2. The number of benzene rings is 1. The van der Waals surface area contributed by atoms with Crippen molar-refractivity contribution in [1.82, 2.24) is 5.01 Å². The fraction of sp³-hybridized carbons (Fsp3) is 0.500. The van der Waals surface area contributed by atoms with Crippen LogP contribution in [0.25, 0.3) is 0 Å². The van der Waals surface area contributed by atoms with E-state index in [0.29, 0.717) is 19.2 Å². The Balaban J connectivity index is 2.35. The van der Waals surface area contributed by atoms with Crippen molar-refractivity contribution in [2.45, 2.75) is 25.4 Å². The number of rotatable bonds is 3. The van der Waals surface area contributed by atoms with Crippen molar-refractivity contribution in [1.29, 1.82) is 0 Å². The molecule has 1 aromatic rings. The molecule has 116 valence electrons. The molecule has 9 heteroatoms. The summed E-state index contributed by atoms with van der Waals surface area (Å²) in [5.74, 6) is 0. The van der Waals surface area contributed by atoms with E-state index < -0.39 is 27.4 Å². The molecule has 1 aromatic carbocycles. The normalized spacial score (nSPS) is 16.8. The van der Waals surface area contributed by atoms with Gasteiger partial charge in [-0.2, -0.15) is 13.2 Å². The third-order valence-corrected chi connectivity index (χ3v) is 3.53. The molecule has 1 aliphatic rings. The largest absolute Gasteiger partial charge is 0.418 e. The maximum absolute atomic E-state index is 12.7. The molecular formula is C12H13ClF3N3O2. The lowest BCUT2D eigenvalue weighted by atomic mass is 10.1. The van der Waals surface area contributed by atoms with Gasteiger partial charge in [-0.3, -0.25) is 10.1 Å². The van der Waals surface area contributed by atoms with E-state index in [0.717, 1.165) is 25.3 Å². The van der Waals surface area contributed by atoms with Crippen LogP contribution in [-0.4, -0.2) is 23.0 Å². The Morgan fingerprint density at radius 3 is 2.38 bits per heavy atom. The molecule has 0 atom stereocenters. The van der Waals surface area contributed by atoms with Gasteiger partial charge in [0, 0.05) is 19.2 Å². The number of nitrogens with zero attached hydrogens (tertiary/aromatic N) is 2. The molecule has 0 unspecified atom stereocenters. The quantitative estimate of drug-likeness (QED) is 0.672. The van der Waals surface area contributed by atoms with E-state index in [2.05, 4.69) is 5.43 Å². The summed E-state index contributed by atoms with van der Waals surface area (Å²) < 4.78 is 38.2. The number of alkyl halides is 3. The maximum atomic E-state index is 12.7. The van der Waals surface area contributed by atoms with E-state index in [1.807, 2.05) is 0 Å². The van der Waals surface area contributed by atoms with Crippen molar-refractivity contribution in [3.63, 3.8) is 0 Å². The number of anilines is 1. The smallest absolute Gasteiger partial charge is 0.313 e. The highest BCUT2D eigenvalue weighted by Crippen LogP contribution is 2.40. The Labute approximate surface area is 123 Å². The zero-order valence-corrected chi connectivity index (χ0v) is 11.7. The van der Waals surface area contributed by atoms with E-state index in [-0.39, 0.29) is 5.69 Å². The van der Waals surface area contributed by atoms with Crippen LogP contribution in [0, 0.1) is 10.1 Å². The second kappa shape index (κ2) is 6.07. The first-order chi connectivity index (χ1) is 9.79. The first kappa shape index (κ1) is 15.8. The molecule has 0 spiro atoms. The second-order valence-electron chi connectivity index (χ2n) is 4.76. The summed E-state index contributed by atoms with van der Waals surface area (Å²) in [5.41, 5.74) is 0.913. The summed E-state index contributed by atoms with van der Waals surface area (Å²) in [6.45, 7) is 1.35. The molecule has 0 radical (unpaired) electrons. The van der Waals surface area contributed by atoms with Crippen LogP contribution in [0.1, 0.15) is 24.8 Å². The van der Waals surface area contributed by atoms with Crippen LogP contribution in [0.2, 0.25) is 5.02 Å². The van der Waals surface area contributed by atoms with E-state index >= 15 is 0 Å². The zero-order valence-electron chi connectivity index (χ0n) is 10.9.